The second-order valence-electron chi connectivity index (χ2n) is 12.5. The first-order valence-corrected chi connectivity index (χ1v) is 18.1. The van der Waals surface area contributed by atoms with Crippen LogP contribution in [-0.2, 0) is 4.79 Å². The van der Waals surface area contributed by atoms with Crippen LogP contribution in [0.2, 0.25) is 10.0 Å². The molecular weight excluding hydrogens is 629 g/mol. The Bertz CT molecular complexity index is 1570. The fourth-order valence-corrected chi connectivity index (χ4v) is 6.33. The van der Waals surface area contributed by atoms with E-state index in [9.17, 15) is 9.59 Å². The van der Waals surface area contributed by atoms with Crippen LogP contribution in [0.25, 0.3) is 10.9 Å². The van der Waals surface area contributed by atoms with Crippen molar-refractivity contribution in [1.29, 1.82) is 0 Å². The maximum atomic E-state index is 13.9. The summed E-state index contributed by atoms with van der Waals surface area (Å²) < 4.78 is 7.43. The first-order valence-electron chi connectivity index (χ1n) is 17.3. The zero-order chi connectivity index (χ0) is 33.4. The third-order valence-electron chi connectivity index (χ3n) is 8.59. The van der Waals surface area contributed by atoms with Crippen molar-refractivity contribution in [3.63, 3.8) is 0 Å². The molecule has 1 heterocycles. The van der Waals surface area contributed by atoms with E-state index >= 15 is 0 Å². The van der Waals surface area contributed by atoms with Crippen molar-refractivity contribution >= 4 is 51.5 Å². The van der Waals surface area contributed by atoms with Gasteiger partial charge in [-0.25, -0.2) is 4.68 Å². The zero-order valence-electron chi connectivity index (χ0n) is 27.9. The molecule has 0 spiro atoms. The van der Waals surface area contributed by atoms with Crippen molar-refractivity contribution in [2.45, 2.75) is 110 Å². The number of fused-ring (bicyclic) bond motifs is 1. The van der Waals surface area contributed by atoms with Crippen LogP contribution in [0, 0.1) is 6.92 Å². The third-order valence-corrected chi connectivity index (χ3v) is 9.13. The average molecular weight is 679 g/mol. The summed E-state index contributed by atoms with van der Waals surface area (Å²) in [6, 6.07) is 16.3. The number of rotatable bonds is 21. The highest BCUT2D eigenvalue weighted by Gasteiger charge is 2.32. The van der Waals surface area contributed by atoms with E-state index in [4.69, 9.17) is 27.9 Å². The number of aryl methyl sites for hydroxylation is 1. The largest absolute Gasteiger partial charge is 0.494 e. The number of carbonyl (C=O) groups is 2. The summed E-state index contributed by atoms with van der Waals surface area (Å²) in [7, 11) is 0. The van der Waals surface area contributed by atoms with Gasteiger partial charge in [0.2, 0.25) is 0 Å². The molecule has 252 valence electrons. The van der Waals surface area contributed by atoms with Crippen molar-refractivity contribution in [2.24, 2.45) is 0 Å². The van der Waals surface area contributed by atoms with Crippen LogP contribution in [-0.4, -0.2) is 28.1 Å². The Hall–Kier alpha value is -3.35. The molecule has 0 aliphatic carbocycles. The number of hydrogen-bond donors (Lipinski definition) is 1. The highest BCUT2D eigenvalue weighted by molar-refractivity contribution is 6.36. The van der Waals surface area contributed by atoms with Crippen molar-refractivity contribution < 1.29 is 14.3 Å². The van der Waals surface area contributed by atoms with Crippen molar-refractivity contribution in [2.75, 3.05) is 11.9 Å². The molecule has 4 aromatic rings. The molecule has 3 aromatic carbocycles. The lowest BCUT2D eigenvalue weighted by atomic mass is 10.0. The van der Waals surface area contributed by atoms with Gasteiger partial charge >= 0.3 is 0 Å². The van der Waals surface area contributed by atoms with E-state index in [0.717, 1.165) is 23.8 Å². The quantitative estimate of drug-likeness (QED) is 0.0541. The van der Waals surface area contributed by atoms with Gasteiger partial charge in [0.1, 0.15) is 5.75 Å². The summed E-state index contributed by atoms with van der Waals surface area (Å²) in [5, 5.41) is 8.82. The molecule has 1 aromatic heterocycles. The van der Waals surface area contributed by atoms with Crippen LogP contribution in [0.1, 0.15) is 119 Å². The summed E-state index contributed by atoms with van der Waals surface area (Å²) in [5.41, 5.74) is 2.48. The van der Waals surface area contributed by atoms with Crippen LogP contribution in [0.15, 0.2) is 66.9 Å². The summed E-state index contributed by atoms with van der Waals surface area (Å²) in [4.78, 5) is 27.6. The van der Waals surface area contributed by atoms with E-state index in [-0.39, 0.29) is 5.02 Å². The van der Waals surface area contributed by atoms with Gasteiger partial charge in [-0.3, -0.25) is 9.59 Å². The van der Waals surface area contributed by atoms with Crippen molar-refractivity contribution in [3.8, 4) is 5.75 Å². The number of amides is 1. The van der Waals surface area contributed by atoms with Gasteiger partial charge in [0.15, 0.2) is 11.8 Å². The van der Waals surface area contributed by atoms with E-state index in [0.29, 0.717) is 34.1 Å². The number of Topliss-reactive ketones (excluding diaryl/α,β-unsaturated/α-hetero) is 1. The standard InChI is InChI=1S/C39H49Cl2N3O3/c1-3-4-5-6-7-8-9-10-11-12-13-14-15-16-25-47-33-21-18-30(19-22-33)38(45)37(39(46)43-35-23-20-32(40)27-34(35)41)44-36-24-17-29(2)26-31(36)28-42-44/h17-24,26-28,37H,3-16,25H2,1-2H3,(H,43,46). The number of unbranched alkanes of at least 4 members (excludes halogenated alkanes) is 13. The predicted octanol–water partition coefficient (Wildman–Crippen LogP) is 11.6. The lowest BCUT2D eigenvalue weighted by molar-refractivity contribution is -0.118. The number of nitrogens with zero attached hydrogens (tertiary/aromatic N) is 2. The predicted molar refractivity (Wildman–Crippen MR) is 195 cm³/mol. The smallest absolute Gasteiger partial charge is 0.257 e. The molecule has 0 fully saturated rings. The highest BCUT2D eigenvalue weighted by atomic mass is 35.5. The first-order chi connectivity index (χ1) is 22.9. The molecular formula is C39H49Cl2N3O3. The Morgan fingerprint density at radius 1 is 0.787 bits per heavy atom. The molecule has 0 radical (unpaired) electrons. The zero-order valence-corrected chi connectivity index (χ0v) is 29.4. The number of benzene rings is 3. The molecule has 0 saturated carbocycles. The number of ether oxygens (including phenoxy) is 1. The van der Waals surface area contributed by atoms with Gasteiger partial charge in [-0.2, -0.15) is 5.10 Å². The average Bonchev–Trinajstić information content (AvgIpc) is 3.47. The summed E-state index contributed by atoms with van der Waals surface area (Å²) >= 11 is 12.4. The summed E-state index contributed by atoms with van der Waals surface area (Å²) in [5.74, 6) is -0.246. The molecule has 47 heavy (non-hydrogen) atoms. The van der Waals surface area contributed by atoms with Gasteiger partial charge in [0, 0.05) is 16.0 Å². The minimum Gasteiger partial charge on any atom is -0.494 e. The van der Waals surface area contributed by atoms with Gasteiger partial charge in [0.25, 0.3) is 5.91 Å². The topological polar surface area (TPSA) is 73.2 Å². The number of hydrogen-bond acceptors (Lipinski definition) is 4. The minimum absolute atomic E-state index is 0.276. The van der Waals surface area contributed by atoms with Crippen LogP contribution >= 0.6 is 23.2 Å². The number of ketones is 1. The van der Waals surface area contributed by atoms with Crippen LogP contribution in [0.3, 0.4) is 0 Å². The first kappa shape index (κ1) is 36.5. The van der Waals surface area contributed by atoms with Crippen LogP contribution in [0.5, 0.6) is 5.75 Å². The molecule has 1 N–H and O–H groups in total. The molecule has 4 rings (SSSR count). The molecule has 0 saturated heterocycles. The Morgan fingerprint density at radius 3 is 2.02 bits per heavy atom. The normalized spacial score (nSPS) is 11.9. The number of aromatic nitrogens is 2. The SMILES string of the molecule is CCCCCCCCCCCCCCCCOc1ccc(C(=O)C(C(=O)Nc2ccc(Cl)cc2Cl)n2ncc3cc(C)ccc32)cc1. The lowest BCUT2D eigenvalue weighted by Gasteiger charge is -2.18. The van der Waals surface area contributed by atoms with E-state index in [1.54, 1.807) is 48.7 Å². The molecule has 0 aliphatic heterocycles. The number of anilines is 1. The second-order valence-corrected chi connectivity index (χ2v) is 13.3. The Kier molecular flexibility index (Phi) is 15.1. The highest BCUT2D eigenvalue weighted by Crippen LogP contribution is 2.29. The maximum Gasteiger partial charge on any atom is 0.257 e. The van der Waals surface area contributed by atoms with Gasteiger partial charge in [-0.15, -0.1) is 0 Å². The Morgan fingerprint density at radius 2 is 1.40 bits per heavy atom. The Balaban J connectivity index is 1.26. The molecule has 8 heteroatoms. The summed E-state index contributed by atoms with van der Waals surface area (Å²) in [6.07, 6.45) is 20.1. The maximum absolute atomic E-state index is 13.9. The molecule has 1 amide bonds. The molecule has 1 unspecified atom stereocenters. The van der Waals surface area contributed by atoms with Crippen LogP contribution in [0.4, 0.5) is 5.69 Å². The molecule has 0 bridgehead atoms. The summed E-state index contributed by atoms with van der Waals surface area (Å²) in [6.45, 7) is 4.89. The second kappa shape index (κ2) is 19.5. The van der Waals surface area contributed by atoms with E-state index in [1.165, 1.54) is 81.7 Å². The van der Waals surface area contributed by atoms with Gasteiger partial charge in [-0.1, -0.05) is 125 Å². The number of nitrogens with one attached hydrogen (secondary N) is 1. The van der Waals surface area contributed by atoms with E-state index < -0.39 is 17.7 Å². The van der Waals surface area contributed by atoms with Crippen molar-refractivity contribution in [3.05, 3.63) is 88.0 Å². The van der Waals surface area contributed by atoms with E-state index in [1.807, 2.05) is 25.1 Å². The lowest BCUT2D eigenvalue weighted by Crippen LogP contribution is -2.33. The van der Waals surface area contributed by atoms with Gasteiger partial charge < -0.3 is 10.1 Å². The fourth-order valence-electron chi connectivity index (χ4n) is 5.87. The molecule has 1 atom stereocenters. The van der Waals surface area contributed by atoms with Crippen LogP contribution < -0.4 is 10.1 Å². The third kappa shape index (κ3) is 11.4. The van der Waals surface area contributed by atoms with Gasteiger partial charge in [-0.05, 0) is 67.9 Å². The minimum atomic E-state index is -1.26. The van der Waals surface area contributed by atoms with Gasteiger partial charge in [0.05, 0.1) is 29.0 Å². The number of halogens is 2. The monoisotopic (exact) mass is 677 g/mol. The fraction of sp³-hybridized carbons (Fsp3) is 0.462. The number of carbonyl (C=O) groups excluding carboxylic acids is 2. The Labute approximate surface area is 290 Å². The van der Waals surface area contributed by atoms with E-state index in [2.05, 4.69) is 17.3 Å². The molecule has 0 aliphatic rings. The molecule has 6 nitrogen and oxygen atoms in total. The van der Waals surface area contributed by atoms with Crippen molar-refractivity contribution in [1.82, 2.24) is 9.78 Å².